The Morgan fingerprint density at radius 2 is 1.94 bits per heavy atom. The first-order valence-corrected chi connectivity index (χ1v) is 6.13. The van der Waals surface area contributed by atoms with Crippen LogP contribution in [0.5, 0.6) is 0 Å². The van der Waals surface area contributed by atoms with E-state index in [9.17, 15) is 4.79 Å². The van der Waals surface area contributed by atoms with Crippen LogP contribution in [-0.4, -0.2) is 5.78 Å². The fourth-order valence-corrected chi connectivity index (χ4v) is 2.23. The van der Waals surface area contributed by atoms with Gasteiger partial charge in [-0.2, -0.15) is 0 Å². The number of allylic oxidation sites excluding steroid dienone is 4. The lowest BCUT2D eigenvalue weighted by Gasteiger charge is -2.09. The van der Waals surface area contributed by atoms with Crippen LogP contribution in [0.15, 0.2) is 41.5 Å². The van der Waals surface area contributed by atoms with E-state index in [0.29, 0.717) is 6.42 Å². The molecule has 1 aromatic carbocycles. The molecule has 0 unspecified atom stereocenters. The Kier molecular flexibility index (Phi) is 3.28. The summed E-state index contributed by atoms with van der Waals surface area (Å²) >= 11 is 0. The van der Waals surface area contributed by atoms with E-state index >= 15 is 0 Å². The summed E-state index contributed by atoms with van der Waals surface area (Å²) in [6, 6.07) is 7.94. The van der Waals surface area contributed by atoms with Gasteiger partial charge in [-0.3, -0.25) is 4.79 Å². The highest BCUT2D eigenvalue weighted by Crippen LogP contribution is 2.33. The van der Waals surface area contributed by atoms with Crippen LogP contribution in [0.4, 0.5) is 0 Å². The summed E-state index contributed by atoms with van der Waals surface area (Å²) in [5.74, 6) is 0.226. The molecule has 0 bridgehead atoms. The molecular weight excluding hydrogens is 208 g/mol. The van der Waals surface area contributed by atoms with E-state index in [2.05, 4.69) is 26.0 Å². The number of benzene rings is 1. The fraction of sp³-hybridized carbons (Fsp3) is 0.312. The molecule has 88 valence electrons. The Morgan fingerprint density at radius 1 is 1.24 bits per heavy atom. The number of Topliss-reactive ketones (excluding diaryl/α,β-unsaturated/α-hetero) is 1. The minimum atomic E-state index is 0.226. The maximum atomic E-state index is 11.9. The topological polar surface area (TPSA) is 17.1 Å². The van der Waals surface area contributed by atoms with Gasteiger partial charge in [-0.15, -0.1) is 0 Å². The van der Waals surface area contributed by atoms with Crippen molar-refractivity contribution < 1.29 is 4.79 Å². The Morgan fingerprint density at radius 3 is 2.53 bits per heavy atom. The molecule has 0 aromatic heterocycles. The second-order valence-electron chi connectivity index (χ2n) is 4.63. The van der Waals surface area contributed by atoms with Crippen LogP contribution in [0.2, 0.25) is 0 Å². The third-order valence-electron chi connectivity index (χ3n) is 3.41. The summed E-state index contributed by atoms with van der Waals surface area (Å²) < 4.78 is 0. The Labute approximate surface area is 103 Å². The van der Waals surface area contributed by atoms with E-state index in [-0.39, 0.29) is 5.78 Å². The zero-order valence-electron chi connectivity index (χ0n) is 10.7. The number of rotatable bonds is 3. The largest absolute Gasteiger partial charge is 0.294 e. The van der Waals surface area contributed by atoms with E-state index < -0.39 is 0 Å². The number of carbonyl (C=O) groups is 1. The minimum absolute atomic E-state index is 0.226. The van der Waals surface area contributed by atoms with Gasteiger partial charge in [-0.05, 0) is 31.4 Å². The predicted octanol–water partition coefficient (Wildman–Crippen LogP) is 4.40. The van der Waals surface area contributed by atoms with Gasteiger partial charge < -0.3 is 0 Å². The molecule has 0 fully saturated rings. The van der Waals surface area contributed by atoms with Crippen molar-refractivity contribution in [2.45, 2.75) is 33.6 Å². The van der Waals surface area contributed by atoms with Crippen LogP contribution in [0.3, 0.4) is 0 Å². The van der Waals surface area contributed by atoms with E-state index in [1.54, 1.807) is 0 Å². The average Bonchev–Trinajstić information content (AvgIpc) is 2.68. The Bertz CT molecular complexity index is 518. The normalized spacial score (nSPS) is 15.1. The van der Waals surface area contributed by atoms with Crippen LogP contribution in [0.1, 0.15) is 49.5 Å². The Balaban J connectivity index is 2.42. The second-order valence-corrected chi connectivity index (χ2v) is 4.63. The van der Waals surface area contributed by atoms with Gasteiger partial charge in [-0.1, -0.05) is 48.4 Å². The van der Waals surface area contributed by atoms with Crippen LogP contribution in [-0.2, 0) is 0 Å². The van der Waals surface area contributed by atoms with Crippen molar-refractivity contribution in [3.8, 4) is 0 Å². The number of hydrogen-bond acceptors (Lipinski definition) is 1. The van der Waals surface area contributed by atoms with E-state index in [0.717, 1.165) is 17.5 Å². The highest BCUT2D eigenvalue weighted by atomic mass is 16.1. The van der Waals surface area contributed by atoms with Crippen molar-refractivity contribution in [2.24, 2.45) is 0 Å². The average molecular weight is 226 g/mol. The molecule has 1 aliphatic rings. The SMILES string of the molecule is CCC(=O)c1ccccc1C1=CC(C)=C(C)C1. The maximum absolute atomic E-state index is 11.9. The smallest absolute Gasteiger partial charge is 0.163 e. The quantitative estimate of drug-likeness (QED) is 0.698. The lowest BCUT2D eigenvalue weighted by molar-refractivity contribution is 0.0988. The summed E-state index contributed by atoms with van der Waals surface area (Å²) in [5.41, 5.74) is 5.98. The summed E-state index contributed by atoms with van der Waals surface area (Å²) in [6.45, 7) is 6.20. The van der Waals surface area contributed by atoms with Gasteiger partial charge in [-0.25, -0.2) is 0 Å². The van der Waals surface area contributed by atoms with E-state index in [1.807, 2.05) is 25.1 Å². The van der Waals surface area contributed by atoms with Crippen LogP contribution >= 0.6 is 0 Å². The number of hydrogen-bond donors (Lipinski definition) is 0. The zero-order chi connectivity index (χ0) is 12.4. The Hall–Kier alpha value is -1.63. The number of ketones is 1. The first kappa shape index (κ1) is 11.8. The highest BCUT2D eigenvalue weighted by molar-refractivity contribution is 6.01. The summed E-state index contributed by atoms with van der Waals surface area (Å²) in [5, 5.41) is 0. The molecule has 0 spiro atoms. The van der Waals surface area contributed by atoms with Crippen molar-refractivity contribution in [3.05, 3.63) is 52.6 Å². The summed E-state index contributed by atoms with van der Waals surface area (Å²) in [4.78, 5) is 11.9. The molecule has 1 nitrogen and oxygen atoms in total. The molecule has 1 aromatic rings. The molecule has 1 heteroatoms. The molecule has 0 saturated heterocycles. The van der Waals surface area contributed by atoms with Crippen molar-refractivity contribution in [2.75, 3.05) is 0 Å². The third kappa shape index (κ3) is 2.23. The fourth-order valence-electron chi connectivity index (χ4n) is 2.23. The van der Waals surface area contributed by atoms with Crippen LogP contribution in [0.25, 0.3) is 5.57 Å². The van der Waals surface area contributed by atoms with E-state index in [4.69, 9.17) is 0 Å². The van der Waals surface area contributed by atoms with Crippen LogP contribution in [0, 0.1) is 0 Å². The molecular formula is C16H18O. The first-order chi connectivity index (χ1) is 8.13. The molecule has 0 aliphatic heterocycles. The molecule has 17 heavy (non-hydrogen) atoms. The third-order valence-corrected chi connectivity index (χ3v) is 3.41. The summed E-state index contributed by atoms with van der Waals surface area (Å²) in [7, 11) is 0. The van der Waals surface area contributed by atoms with Gasteiger partial charge in [0, 0.05) is 12.0 Å². The van der Waals surface area contributed by atoms with Crippen molar-refractivity contribution in [1.82, 2.24) is 0 Å². The van der Waals surface area contributed by atoms with Crippen LogP contribution < -0.4 is 0 Å². The molecule has 0 atom stereocenters. The number of carbonyl (C=O) groups excluding carboxylic acids is 1. The monoisotopic (exact) mass is 226 g/mol. The molecule has 0 radical (unpaired) electrons. The first-order valence-electron chi connectivity index (χ1n) is 6.13. The lowest BCUT2D eigenvalue weighted by Crippen LogP contribution is -2.01. The van der Waals surface area contributed by atoms with E-state index in [1.165, 1.54) is 16.7 Å². The summed E-state index contributed by atoms with van der Waals surface area (Å²) in [6.07, 6.45) is 3.74. The molecule has 0 N–H and O–H groups in total. The van der Waals surface area contributed by atoms with Gasteiger partial charge in [0.05, 0.1) is 0 Å². The highest BCUT2D eigenvalue weighted by Gasteiger charge is 2.16. The predicted molar refractivity (Wildman–Crippen MR) is 72.0 cm³/mol. The van der Waals surface area contributed by atoms with Gasteiger partial charge in [0.1, 0.15) is 0 Å². The van der Waals surface area contributed by atoms with Gasteiger partial charge in [0.15, 0.2) is 5.78 Å². The zero-order valence-corrected chi connectivity index (χ0v) is 10.7. The second kappa shape index (κ2) is 4.70. The lowest BCUT2D eigenvalue weighted by atomic mass is 9.95. The minimum Gasteiger partial charge on any atom is -0.294 e. The van der Waals surface area contributed by atoms with Crippen molar-refractivity contribution in [1.29, 1.82) is 0 Å². The molecule has 0 heterocycles. The molecule has 2 rings (SSSR count). The van der Waals surface area contributed by atoms with Gasteiger partial charge in [0.2, 0.25) is 0 Å². The van der Waals surface area contributed by atoms with Gasteiger partial charge in [0.25, 0.3) is 0 Å². The van der Waals surface area contributed by atoms with Crippen molar-refractivity contribution >= 4 is 11.4 Å². The van der Waals surface area contributed by atoms with Gasteiger partial charge >= 0.3 is 0 Å². The standard InChI is InChI=1S/C16H18O/c1-4-16(17)15-8-6-5-7-14(15)13-9-11(2)12(3)10-13/h5-9H,4,10H2,1-3H3. The molecule has 0 saturated carbocycles. The molecule has 1 aliphatic carbocycles. The van der Waals surface area contributed by atoms with Crippen molar-refractivity contribution in [3.63, 3.8) is 0 Å². The maximum Gasteiger partial charge on any atom is 0.163 e. The molecule has 0 amide bonds.